The van der Waals surface area contributed by atoms with Crippen LogP contribution < -0.4 is 15.6 Å². The highest BCUT2D eigenvalue weighted by Crippen LogP contribution is 2.20. The zero-order chi connectivity index (χ0) is 26.9. The van der Waals surface area contributed by atoms with Gasteiger partial charge in [0.1, 0.15) is 0 Å². The van der Waals surface area contributed by atoms with Crippen LogP contribution in [0.5, 0.6) is 0 Å². The summed E-state index contributed by atoms with van der Waals surface area (Å²) in [4.78, 5) is 0. The second-order valence-electron chi connectivity index (χ2n) is 9.22. The van der Waals surface area contributed by atoms with Gasteiger partial charge in [0.05, 0.1) is 0 Å². The highest BCUT2D eigenvalue weighted by atomic mass is 28.5. The lowest BCUT2D eigenvalue weighted by Crippen LogP contribution is -2.66. The molecule has 0 spiro atoms. The summed E-state index contributed by atoms with van der Waals surface area (Å²) in [6.07, 6.45) is 0. The maximum absolute atomic E-state index is 7.23. The lowest BCUT2D eigenvalue weighted by molar-refractivity contribution is 0.295. The van der Waals surface area contributed by atoms with Gasteiger partial charge >= 0.3 is 35.7 Å². The van der Waals surface area contributed by atoms with Crippen molar-refractivity contribution in [2.24, 2.45) is 0 Å². The quantitative estimate of drug-likeness (QED) is 0.264. The van der Waals surface area contributed by atoms with E-state index in [0.717, 1.165) is 10.4 Å². The van der Waals surface area contributed by atoms with Gasteiger partial charge in [-0.25, -0.2) is 0 Å². The number of hydrogen-bond acceptors (Lipinski definition) is 6. The monoisotopic (exact) mass is 604 g/mol. The summed E-state index contributed by atoms with van der Waals surface area (Å²) in [6, 6.07) is 31.2. The highest BCUT2D eigenvalue weighted by molar-refractivity contribution is 6.97. The average Bonchev–Trinajstić information content (AvgIpc) is 2.89. The molecule has 200 valence electrons. The Morgan fingerprint density at radius 3 is 1.46 bits per heavy atom. The van der Waals surface area contributed by atoms with Gasteiger partial charge in [0.2, 0.25) is 0 Å². The van der Waals surface area contributed by atoms with Gasteiger partial charge in [-0.3, -0.25) is 0 Å². The topological polar surface area (TPSA) is 55.4 Å². The fraction of sp³-hybridized carbons (Fsp3) is 0.280. The molecule has 6 unspecified atom stereocenters. The SMILES string of the molecule is CO[SiH](C)O[SiH](C)O[SiH](C)O[Si](C)(O[Si](C)(O[SiH](C)c1ccccc1)c1ccccc1)c1ccccc1. The van der Waals surface area contributed by atoms with Crippen molar-refractivity contribution in [2.45, 2.75) is 39.3 Å². The third-order valence-electron chi connectivity index (χ3n) is 6.15. The van der Waals surface area contributed by atoms with Crippen LogP contribution in [0.15, 0.2) is 91.0 Å². The Morgan fingerprint density at radius 2 is 0.973 bits per heavy atom. The van der Waals surface area contributed by atoms with Crippen molar-refractivity contribution in [2.75, 3.05) is 7.11 Å². The average molecular weight is 605 g/mol. The van der Waals surface area contributed by atoms with Crippen molar-refractivity contribution in [3.05, 3.63) is 91.0 Å². The molecule has 0 saturated carbocycles. The largest absolute Gasteiger partial charge is 0.432 e. The van der Waals surface area contributed by atoms with Gasteiger partial charge in [-0.1, -0.05) is 91.0 Å². The maximum Gasteiger partial charge on any atom is 0.351 e. The molecule has 0 bridgehead atoms. The molecule has 37 heavy (non-hydrogen) atoms. The molecular weight excluding hydrogens is 565 g/mol. The van der Waals surface area contributed by atoms with Crippen molar-refractivity contribution >= 4 is 69.6 Å². The summed E-state index contributed by atoms with van der Waals surface area (Å²) in [5, 5.41) is 3.43. The van der Waals surface area contributed by atoms with Gasteiger partial charge in [-0.2, -0.15) is 0 Å². The standard InChI is InChI=1S/C25H40O6Si6/c1-26-33(3)27-34(4)28-35(5)30-37(7,25-21-15-10-16-22-25)31-36(6,24-19-13-9-14-20-24)29-32(2)23-17-11-8-12-18-23/h8-22,32-35H,1-7H3. The Balaban J connectivity index is 1.93. The van der Waals surface area contributed by atoms with Gasteiger partial charge in [0.25, 0.3) is 9.28 Å². The Kier molecular flexibility index (Phi) is 11.6. The van der Waals surface area contributed by atoms with Gasteiger partial charge < -0.3 is 25.0 Å². The maximum atomic E-state index is 7.23. The molecule has 0 heterocycles. The molecule has 0 aliphatic heterocycles. The molecule has 6 atom stereocenters. The highest BCUT2D eigenvalue weighted by Gasteiger charge is 2.47. The fourth-order valence-electron chi connectivity index (χ4n) is 4.26. The van der Waals surface area contributed by atoms with Crippen molar-refractivity contribution in [1.29, 1.82) is 0 Å². The molecule has 0 amide bonds. The molecule has 6 nitrogen and oxygen atoms in total. The second-order valence-corrected chi connectivity index (χ2v) is 24.9. The smallest absolute Gasteiger partial charge is 0.351 e. The van der Waals surface area contributed by atoms with Crippen molar-refractivity contribution in [3.63, 3.8) is 0 Å². The van der Waals surface area contributed by atoms with Crippen LogP contribution in [-0.4, -0.2) is 61.1 Å². The van der Waals surface area contributed by atoms with E-state index in [1.165, 1.54) is 5.19 Å². The van der Waals surface area contributed by atoms with Crippen LogP contribution in [-0.2, 0) is 25.0 Å². The van der Waals surface area contributed by atoms with E-state index in [-0.39, 0.29) is 0 Å². The molecule has 0 aliphatic rings. The van der Waals surface area contributed by atoms with E-state index in [1.807, 2.05) is 43.4 Å². The summed E-state index contributed by atoms with van der Waals surface area (Å²) in [7, 11) is -11.5. The predicted molar refractivity (Wildman–Crippen MR) is 166 cm³/mol. The third-order valence-corrected chi connectivity index (χ3v) is 26.5. The first-order chi connectivity index (χ1) is 17.6. The summed E-state index contributed by atoms with van der Waals surface area (Å²) >= 11 is 0. The van der Waals surface area contributed by atoms with Crippen molar-refractivity contribution < 1.29 is 25.0 Å². The number of hydrogen-bond donors (Lipinski definition) is 0. The number of benzene rings is 3. The van der Waals surface area contributed by atoms with Crippen molar-refractivity contribution in [3.8, 4) is 0 Å². The Bertz CT molecular complexity index is 1070. The van der Waals surface area contributed by atoms with Crippen LogP contribution in [0.1, 0.15) is 0 Å². The predicted octanol–water partition coefficient (Wildman–Crippen LogP) is 2.49. The molecule has 0 aromatic heterocycles. The minimum atomic E-state index is -2.95. The second kappa shape index (κ2) is 14.2. The van der Waals surface area contributed by atoms with Gasteiger partial charge in [-0.05, 0) is 54.8 Å². The number of rotatable bonds is 14. The Morgan fingerprint density at radius 1 is 0.541 bits per heavy atom. The summed E-state index contributed by atoms with van der Waals surface area (Å²) in [5.41, 5.74) is 0. The molecule has 3 rings (SSSR count). The van der Waals surface area contributed by atoms with Crippen LogP contribution in [0.3, 0.4) is 0 Å². The van der Waals surface area contributed by atoms with E-state index in [2.05, 4.69) is 86.9 Å². The van der Waals surface area contributed by atoms with Gasteiger partial charge in [0.15, 0.2) is 9.04 Å². The molecule has 12 heteroatoms. The van der Waals surface area contributed by atoms with Gasteiger partial charge in [-0.15, -0.1) is 0 Å². The zero-order valence-corrected chi connectivity index (χ0v) is 29.5. The minimum absolute atomic E-state index is 1.07. The molecule has 0 radical (unpaired) electrons. The van der Waals surface area contributed by atoms with Crippen LogP contribution in [0, 0.1) is 0 Å². The van der Waals surface area contributed by atoms with E-state index in [1.54, 1.807) is 7.11 Å². The Hall–Kier alpha value is -1.28. The van der Waals surface area contributed by atoms with Crippen molar-refractivity contribution in [1.82, 2.24) is 0 Å². The zero-order valence-electron chi connectivity index (χ0n) is 22.9. The lowest BCUT2D eigenvalue weighted by Gasteiger charge is -2.40. The summed E-state index contributed by atoms with van der Waals surface area (Å²) in [5.74, 6) is 0. The van der Waals surface area contributed by atoms with Crippen LogP contribution in [0.25, 0.3) is 0 Å². The van der Waals surface area contributed by atoms with E-state index in [4.69, 9.17) is 25.0 Å². The van der Waals surface area contributed by atoms with E-state index < -0.39 is 54.0 Å². The van der Waals surface area contributed by atoms with Crippen LogP contribution in [0.4, 0.5) is 0 Å². The van der Waals surface area contributed by atoms with E-state index in [0.29, 0.717) is 0 Å². The molecule has 3 aromatic carbocycles. The molecule has 0 N–H and O–H groups in total. The molecule has 0 saturated heterocycles. The first kappa shape index (κ1) is 30.3. The summed E-state index contributed by atoms with van der Waals surface area (Å²) < 4.78 is 38.8. The summed E-state index contributed by atoms with van der Waals surface area (Å²) in [6.45, 7) is 12.6. The van der Waals surface area contributed by atoms with Crippen LogP contribution >= 0.6 is 0 Å². The van der Waals surface area contributed by atoms with Crippen LogP contribution in [0.2, 0.25) is 39.3 Å². The Labute approximate surface area is 231 Å². The first-order valence-electron chi connectivity index (χ1n) is 12.7. The molecule has 0 aliphatic carbocycles. The lowest BCUT2D eigenvalue weighted by atomic mass is 10.4. The normalized spacial score (nSPS) is 18.2. The van der Waals surface area contributed by atoms with E-state index >= 15 is 0 Å². The fourth-order valence-corrected chi connectivity index (χ4v) is 25.0. The molecule has 3 aromatic rings. The van der Waals surface area contributed by atoms with Gasteiger partial charge in [0, 0.05) is 7.11 Å². The third kappa shape index (κ3) is 8.87. The molecular formula is C25H40O6Si6. The minimum Gasteiger partial charge on any atom is -0.432 e. The van der Waals surface area contributed by atoms with E-state index in [9.17, 15) is 0 Å². The molecule has 0 fully saturated rings. The first-order valence-corrected chi connectivity index (χ1v) is 25.8.